The van der Waals surface area contributed by atoms with E-state index in [1.54, 1.807) is 13.0 Å². The lowest BCUT2D eigenvalue weighted by Gasteiger charge is -2.27. The zero-order valence-corrected chi connectivity index (χ0v) is 18.2. The number of fused-ring (bicyclic) bond motifs is 2. The van der Waals surface area contributed by atoms with Crippen LogP contribution in [0.2, 0.25) is 0 Å². The van der Waals surface area contributed by atoms with E-state index in [4.69, 9.17) is 15.6 Å². The number of amides is 1. The van der Waals surface area contributed by atoms with Gasteiger partial charge in [0.15, 0.2) is 11.6 Å². The first-order valence-electron chi connectivity index (χ1n) is 9.83. The lowest BCUT2D eigenvalue weighted by molar-refractivity contribution is -0.122. The molecule has 0 spiro atoms. The van der Waals surface area contributed by atoms with Crippen molar-refractivity contribution in [2.45, 2.75) is 24.3 Å². The molecular formula is C20H23FN6O4S. The van der Waals surface area contributed by atoms with Crippen molar-refractivity contribution in [1.29, 1.82) is 0 Å². The average Bonchev–Trinajstić information content (AvgIpc) is 3.31. The van der Waals surface area contributed by atoms with Crippen molar-refractivity contribution in [2.24, 2.45) is 28.6 Å². The number of anilines is 3. The maximum Gasteiger partial charge on any atom is 0.241 e. The SMILES string of the molecule is COc1c(C)cc(Nc2ncc(F)c(N[C@H]3[C@@H](C(N)=O)[C@@H]4C=C[C@H]3C4)n2)cc1S(N)(=O)=O. The van der Waals surface area contributed by atoms with E-state index in [-0.39, 0.29) is 40.3 Å². The van der Waals surface area contributed by atoms with E-state index in [1.165, 1.54) is 13.2 Å². The van der Waals surface area contributed by atoms with Crippen LogP contribution in [0.4, 0.5) is 21.8 Å². The summed E-state index contributed by atoms with van der Waals surface area (Å²) in [4.78, 5) is 19.8. The summed E-state index contributed by atoms with van der Waals surface area (Å²) in [5.74, 6) is -1.47. The van der Waals surface area contributed by atoms with Crippen LogP contribution >= 0.6 is 0 Å². The first-order valence-corrected chi connectivity index (χ1v) is 11.4. The number of carbonyl (C=O) groups is 1. The third-order valence-electron chi connectivity index (χ3n) is 5.84. The highest BCUT2D eigenvalue weighted by molar-refractivity contribution is 7.89. The van der Waals surface area contributed by atoms with Crippen molar-refractivity contribution in [3.63, 3.8) is 0 Å². The number of nitrogens with zero attached hydrogens (tertiary/aromatic N) is 2. The molecule has 1 saturated carbocycles. The monoisotopic (exact) mass is 462 g/mol. The first kappa shape index (κ1) is 22.0. The van der Waals surface area contributed by atoms with Crippen molar-refractivity contribution in [3.8, 4) is 5.75 Å². The molecule has 2 aliphatic rings. The number of aryl methyl sites for hydroxylation is 1. The highest BCUT2D eigenvalue weighted by Gasteiger charge is 2.47. The van der Waals surface area contributed by atoms with E-state index in [0.29, 0.717) is 11.3 Å². The minimum absolute atomic E-state index is 0.0214. The fourth-order valence-corrected chi connectivity index (χ4v) is 5.30. The zero-order chi connectivity index (χ0) is 23.2. The van der Waals surface area contributed by atoms with Gasteiger partial charge in [-0.25, -0.2) is 22.9 Å². The number of benzene rings is 1. The molecule has 2 aliphatic carbocycles. The van der Waals surface area contributed by atoms with Crippen LogP contribution in [-0.4, -0.2) is 37.4 Å². The van der Waals surface area contributed by atoms with E-state index in [9.17, 15) is 17.6 Å². The first-order chi connectivity index (χ1) is 15.1. The minimum Gasteiger partial charge on any atom is -0.495 e. The topological polar surface area (TPSA) is 162 Å². The summed E-state index contributed by atoms with van der Waals surface area (Å²) in [6.45, 7) is 1.66. The van der Waals surface area contributed by atoms with Crippen molar-refractivity contribution >= 4 is 33.4 Å². The molecule has 0 unspecified atom stereocenters. The van der Waals surface area contributed by atoms with Gasteiger partial charge in [-0.05, 0) is 42.9 Å². The Hall–Kier alpha value is -3.25. The van der Waals surface area contributed by atoms with Gasteiger partial charge < -0.3 is 21.1 Å². The third-order valence-corrected chi connectivity index (χ3v) is 6.76. The Morgan fingerprint density at radius 3 is 2.66 bits per heavy atom. The summed E-state index contributed by atoms with van der Waals surface area (Å²) in [6, 6.07) is 2.53. The zero-order valence-electron chi connectivity index (χ0n) is 17.4. The lowest BCUT2D eigenvalue weighted by atomic mass is 9.88. The van der Waals surface area contributed by atoms with Crippen molar-refractivity contribution in [2.75, 3.05) is 17.7 Å². The average molecular weight is 463 g/mol. The molecule has 0 aliphatic heterocycles. The second-order valence-electron chi connectivity index (χ2n) is 7.93. The molecule has 0 radical (unpaired) electrons. The Bertz CT molecular complexity index is 1220. The number of aromatic nitrogens is 2. The molecule has 1 heterocycles. The number of nitrogens with two attached hydrogens (primary N) is 2. The van der Waals surface area contributed by atoms with Crippen LogP contribution in [0.1, 0.15) is 12.0 Å². The van der Waals surface area contributed by atoms with Crippen LogP contribution in [-0.2, 0) is 14.8 Å². The maximum atomic E-state index is 14.5. The molecule has 12 heteroatoms. The van der Waals surface area contributed by atoms with E-state index >= 15 is 0 Å². The van der Waals surface area contributed by atoms with E-state index in [2.05, 4.69) is 20.6 Å². The lowest BCUT2D eigenvalue weighted by Crippen LogP contribution is -2.41. The van der Waals surface area contributed by atoms with Crippen molar-refractivity contribution < 1.29 is 22.3 Å². The second kappa shape index (κ2) is 8.02. The number of halogens is 1. The van der Waals surface area contributed by atoms with Gasteiger partial charge in [-0.3, -0.25) is 4.79 Å². The number of ether oxygens (including phenoxy) is 1. The number of nitrogens with one attached hydrogen (secondary N) is 2. The Kier molecular flexibility index (Phi) is 5.51. The van der Waals surface area contributed by atoms with Gasteiger partial charge in [0.25, 0.3) is 0 Å². The maximum absolute atomic E-state index is 14.5. The van der Waals surface area contributed by atoms with Crippen LogP contribution in [0, 0.1) is 30.5 Å². The molecule has 10 nitrogen and oxygen atoms in total. The van der Waals surface area contributed by atoms with Gasteiger partial charge >= 0.3 is 0 Å². The van der Waals surface area contributed by atoms with Crippen LogP contribution < -0.4 is 26.2 Å². The smallest absolute Gasteiger partial charge is 0.241 e. The highest BCUT2D eigenvalue weighted by atomic mass is 32.2. The predicted octanol–water partition coefficient (Wildman–Crippen LogP) is 1.41. The molecule has 6 N–H and O–H groups in total. The van der Waals surface area contributed by atoms with Gasteiger partial charge in [-0.1, -0.05) is 12.2 Å². The molecule has 4 atom stereocenters. The molecule has 4 rings (SSSR count). The highest BCUT2D eigenvalue weighted by Crippen LogP contribution is 2.45. The molecule has 1 aromatic carbocycles. The summed E-state index contributed by atoms with van der Waals surface area (Å²) in [5, 5.41) is 11.2. The second-order valence-corrected chi connectivity index (χ2v) is 9.46. The summed E-state index contributed by atoms with van der Waals surface area (Å²) in [5.41, 5.74) is 6.40. The van der Waals surface area contributed by atoms with Crippen LogP contribution in [0.15, 0.2) is 35.4 Å². The number of primary amides is 1. The van der Waals surface area contributed by atoms with Crippen molar-refractivity contribution in [3.05, 3.63) is 41.9 Å². The molecule has 2 bridgehead atoms. The number of rotatable bonds is 7. The van der Waals surface area contributed by atoms with Gasteiger partial charge in [0, 0.05) is 11.7 Å². The molecule has 1 aromatic heterocycles. The largest absolute Gasteiger partial charge is 0.495 e. The standard InChI is InChI=1S/C20H23FN6O4S/c1-9-5-12(7-14(17(9)31-2)32(23,29)30)25-20-24-8-13(21)19(27-20)26-16-11-4-3-10(6-11)15(16)18(22)28/h3-5,7-8,10-11,15-16H,6H2,1-2H3,(H2,22,28)(H2,23,29,30)(H2,24,25,26,27)/t10-,11+,15+,16-/m1/s1. The number of primary sulfonamides is 1. The molecule has 1 amide bonds. The van der Waals surface area contributed by atoms with Gasteiger partial charge in [0.1, 0.15) is 10.6 Å². The molecule has 32 heavy (non-hydrogen) atoms. The van der Waals surface area contributed by atoms with Crippen LogP contribution in [0.25, 0.3) is 0 Å². The van der Waals surface area contributed by atoms with E-state index < -0.39 is 27.7 Å². The summed E-state index contributed by atoms with van der Waals surface area (Å²) in [7, 11) is -2.72. The fourth-order valence-electron chi connectivity index (χ4n) is 4.51. The van der Waals surface area contributed by atoms with Gasteiger partial charge in [-0.15, -0.1) is 0 Å². The number of hydrogen-bond acceptors (Lipinski definition) is 8. The Balaban J connectivity index is 1.62. The number of hydrogen-bond donors (Lipinski definition) is 4. The number of allylic oxidation sites excluding steroid dienone is 1. The molecule has 2 aromatic rings. The Labute approximate surface area is 184 Å². The van der Waals surface area contributed by atoms with Gasteiger partial charge in [0.2, 0.25) is 21.9 Å². The summed E-state index contributed by atoms with van der Waals surface area (Å²) < 4.78 is 43.5. The Morgan fingerprint density at radius 2 is 2.00 bits per heavy atom. The molecular weight excluding hydrogens is 439 g/mol. The van der Waals surface area contributed by atoms with E-state index in [1.807, 2.05) is 12.2 Å². The number of methoxy groups -OCH3 is 1. The van der Waals surface area contributed by atoms with Crippen molar-refractivity contribution in [1.82, 2.24) is 9.97 Å². The minimum atomic E-state index is -4.06. The van der Waals surface area contributed by atoms with E-state index in [0.717, 1.165) is 12.6 Å². The van der Waals surface area contributed by atoms with Gasteiger partial charge in [-0.2, -0.15) is 4.98 Å². The third kappa shape index (κ3) is 3.98. The van der Waals surface area contributed by atoms with Crippen LogP contribution in [0.3, 0.4) is 0 Å². The predicted molar refractivity (Wildman–Crippen MR) is 115 cm³/mol. The fraction of sp³-hybridized carbons (Fsp3) is 0.350. The number of sulfonamides is 1. The Morgan fingerprint density at radius 1 is 1.28 bits per heavy atom. The molecule has 170 valence electrons. The molecule has 1 fully saturated rings. The summed E-state index contributed by atoms with van der Waals surface area (Å²) in [6.07, 6.45) is 5.72. The summed E-state index contributed by atoms with van der Waals surface area (Å²) >= 11 is 0. The van der Waals surface area contributed by atoms with Crippen LogP contribution in [0.5, 0.6) is 5.75 Å². The molecule has 0 saturated heterocycles. The normalized spacial score (nSPS) is 23.9. The number of carbonyl (C=O) groups excluding carboxylic acids is 1. The quantitative estimate of drug-likeness (QED) is 0.449. The van der Waals surface area contributed by atoms with Gasteiger partial charge in [0.05, 0.1) is 19.2 Å².